The van der Waals surface area contributed by atoms with Crippen molar-refractivity contribution in [2.24, 2.45) is 5.92 Å². The number of ether oxygens (including phenoxy) is 2. The zero-order valence-electron chi connectivity index (χ0n) is 26.4. The van der Waals surface area contributed by atoms with Gasteiger partial charge < -0.3 is 18.9 Å². The highest BCUT2D eigenvalue weighted by atomic mass is 31.2. The lowest BCUT2D eigenvalue weighted by Gasteiger charge is -2.24. The molecule has 1 aromatic rings. The van der Waals surface area contributed by atoms with Crippen molar-refractivity contribution in [3.63, 3.8) is 0 Å². The number of quaternary nitrogens is 1. The highest BCUT2D eigenvalue weighted by Gasteiger charge is 2.25. The van der Waals surface area contributed by atoms with Gasteiger partial charge >= 0.3 is 7.82 Å². The van der Waals surface area contributed by atoms with E-state index in [0.29, 0.717) is 36.8 Å². The Kier molecular flexibility index (Phi) is 21.2. The van der Waals surface area contributed by atoms with Gasteiger partial charge in [-0.1, -0.05) is 121 Å². The quantitative estimate of drug-likeness (QED) is 0.0637. The first-order chi connectivity index (χ1) is 19.1. The Hall–Kier alpha value is -0.790. The van der Waals surface area contributed by atoms with Crippen molar-refractivity contribution in [1.29, 1.82) is 0 Å². The minimum absolute atomic E-state index is 0.0713. The van der Waals surface area contributed by atoms with E-state index in [9.17, 15) is 9.46 Å². The fraction of sp³-hybridized carbons (Fsp3) is 0.812. The first-order valence-electron chi connectivity index (χ1n) is 15.8. The number of phosphoric acid groups is 1. The minimum Gasteiger partial charge on any atom is -0.378 e. The molecule has 1 aromatic carbocycles. The van der Waals surface area contributed by atoms with E-state index < -0.39 is 13.9 Å². The van der Waals surface area contributed by atoms with Crippen LogP contribution < -0.4 is 0 Å². The van der Waals surface area contributed by atoms with Crippen molar-refractivity contribution in [3.05, 3.63) is 35.9 Å². The van der Waals surface area contributed by atoms with Crippen LogP contribution in [0, 0.1) is 5.92 Å². The van der Waals surface area contributed by atoms with Gasteiger partial charge in [-0.2, -0.15) is 0 Å². The topological polar surface area (TPSA) is 74.2 Å². The molecule has 8 heteroatoms. The molecule has 0 aromatic heterocycles. The van der Waals surface area contributed by atoms with E-state index in [0.717, 1.165) is 12.0 Å². The highest BCUT2D eigenvalue weighted by molar-refractivity contribution is 7.47. The Morgan fingerprint density at radius 1 is 0.800 bits per heavy atom. The average Bonchev–Trinajstić information content (AvgIpc) is 2.90. The van der Waals surface area contributed by atoms with Crippen molar-refractivity contribution < 1.29 is 32.5 Å². The summed E-state index contributed by atoms with van der Waals surface area (Å²) in [4.78, 5) is 10.1. The molecule has 0 heterocycles. The number of likely N-dealkylation sites (N-methyl/N-ethyl adjacent to an activating group) is 1. The fourth-order valence-corrected chi connectivity index (χ4v) is 5.14. The van der Waals surface area contributed by atoms with Crippen molar-refractivity contribution >= 4 is 7.82 Å². The van der Waals surface area contributed by atoms with Gasteiger partial charge in [0.2, 0.25) is 0 Å². The molecule has 0 aliphatic heterocycles. The van der Waals surface area contributed by atoms with E-state index in [1.165, 1.54) is 77.0 Å². The summed E-state index contributed by atoms with van der Waals surface area (Å²) in [5.74, 6) is 0.460. The number of rotatable bonds is 27. The van der Waals surface area contributed by atoms with Crippen molar-refractivity contribution in [1.82, 2.24) is 0 Å². The van der Waals surface area contributed by atoms with Crippen LogP contribution in [0.2, 0.25) is 0 Å². The molecule has 0 aliphatic carbocycles. The number of benzene rings is 1. The van der Waals surface area contributed by atoms with E-state index in [4.69, 9.17) is 18.5 Å². The maximum absolute atomic E-state index is 12.4. The third-order valence-corrected chi connectivity index (χ3v) is 8.01. The van der Waals surface area contributed by atoms with Gasteiger partial charge in [-0.25, -0.2) is 4.57 Å². The molecule has 1 rings (SSSR count). The van der Waals surface area contributed by atoms with Gasteiger partial charge in [0.1, 0.15) is 19.3 Å². The molecule has 0 amide bonds. The Morgan fingerprint density at radius 3 is 1.95 bits per heavy atom. The zero-order chi connectivity index (χ0) is 29.5. The molecular formula is C32H61NO6P+. The van der Waals surface area contributed by atoms with Crippen LogP contribution in [0.4, 0.5) is 0 Å². The second-order valence-electron chi connectivity index (χ2n) is 12.4. The maximum Gasteiger partial charge on any atom is 0.472 e. The van der Waals surface area contributed by atoms with Gasteiger partial charge in [0.25, 0.3) is 0 Å². The normalized spacial score (nSPS) is 15.2. The number of hydrogen-bond donors (Lipinski definition) is 1. The summed E-state index contributed by atoms with van der Waals surface area (Å²) >= 11 is 0. The van der Waals surface area contributed by atoms with Crippen molar-refractivity contribution in [2.75, 3.05) is 54.1 Å². The van der Waals surface area contributed by atoms with Gasteiger partial charge in [-0.05, 0) is 17.9 Å². The largest absolute Gasteiger partial charge is 0.472 e. The van der Waals surface area contributed by atoms with Crippen LogP contribution in [-0.2, 0) is 29.7 Å². The molecule has 0 aliphatic rings. The SMILES string of the molecule is CCCCCCCCCCCCCCC(C)COC[C@H](COP(=O)(O)OCC[N+](C)(C)C)OCc1ccccc1. The van der Waals surface area contributed by atoms with Gasteiger partial charge in [-0.3, -0.25) is 9.05 Å². The second-order valence-corrected chi connectivity index (χ2v) is 13.8. The Morgan fingerprint density at radius 2 is 1.38 bits per heavy atom. The molecule has 40 heavy (non-hydrogen) atoms. The van der Waals surface area contributed by atoms with Crippen LogP contribution in [0.15, 0.2) is 30.3 Å². The summed E-state index contributed by atoms with van der Waals surface area (Å²) in [6.07, 6.45) is 17.0. The molecule has 0 saturated carbocycles. The standard InChI is InChI=1S/C32H60NO6P/c1-6-7-8-9-10-11-12-13-14-15-16-18-21-30(2)26-36-28-32(37-27-31-22-19-17-20-23-31)29-39-40(34,35)38-25-24-33(3,4)5/h17,19-20,22-23,30,32H,6-16,18,21,24-29H2,1-5H3/p+1/t30?,32-/m1/s1. The van der Waals surface area contributed by atoms with Gasteiger partial charge in [-0.15, -0.1) is 0 Å². The Labute approximate surface area is 246 Å². The lowest BCUT2D eigenvalue weighted by Crippen LogP contribution is -2.37. The summed E-state index contributed by atoms with van der Waals surface area (Å²) in [5, 5.41) is 0. The minimum atomic E-state index is -4.16. The molecule has 234 valence electrons. The summed E-state index contributed by atoms with van der Waals surface area (Å²) in [6.45, 7) is 6.48. The molecule has 2 unspecified atom stereocenters. The summed E-state index contributed by atoms with van der Waals surface area (Å²) in [5.41, 5.74) is 1.03. The predicted octanol–water partition coefficient (Wildman–Crippen LogP) is 8.16. The van der Waals surface area contributed by atoms with Gasteiger partial charge in [0, 0.05) is 6.61 Å². The summed E-state index contributed by atoms with van der Waals surface area (Å²) < 4.78 is 35.4. The fourth-order valence-electron chi connectivity index (χ4n) is 4.40. The van der Waals surface area contributed by atoms with Crippen molar-refractivity contribution in [3.8, 4) is 0 Å². The lowest BCUT2D eigenvalue weighted by molar-refractivity contribution is -0.870. The molecular weight excluding hydrogens is 525 g/mol. The zero-order valence-corrected chi connectivity index (χ0v) is 27.3. The molecule has 1 N–H and O–H groups in total. The average molecular weight is 587 g/mol. The lowest BCUT2D eigenvalue weighted by atomic mass is 10.0. The Balaban J connectivity index is 2.26. The molecule has 0 radical (unpaired) electrons. The second kappa shape index (κ2) is 22.8. The summed E-state index contributed by atoms with van der Waals surface area (Å²) in [6, 6.07) is 9.85. The van der Waals surface area contributed by atoms with E-state index in [1.54, 1.807) is 0 Å². The van der Waals surface area contributed by atoms with Crippen LogP contribution in [0.5, 0.6) is 0 Å². The predicted molar refractivity (Wildman–Crippen MR) is 165 cm³/mol. The third kappa shape index (κ3) is 22.8. The van der Waals surface area contributed by atoms with Crippen LogP contribution in [0.1, 0.15) is 103 Å². The molecule has 0 saturated heterocycles. The maximum atomic E-state index is 12.4. The molecule has 7 nitrogen and oxygen atoms in total. The molecule has 0 fully saturated rings. The number of phosphoric ester groups is 1. The van der Waals surface area contributed by atoms with E-state index >= 15 is 0 Å². The van der Waals surface area contributed by atoms with Crippen LogP contribution in [0.3, 0.4) is 0 Å². The van der Waals surface area contributed by atoms with Crippen LogP contribution >= 0.6 is 7.82 Å². The number of hydrogen-bond acceptors (Lipinski definition) is 5. The molecule has 0 spiro atoms. The van der Waals surface area contributed by atoms with E-state index in [2.05, 4.69) is 13.8 Å². The van der Waals surface area contributed by atoms with Crippen molar-refractivity contribution in [2.45, 2.75) is 110 Å². The first kappa shape index (κ1) is 37.2. The van der Waals surface area contributed by atoms with Crippen LogP contribution in [0.25, 0.3) is 0 Å². The molecule has 3 atom stereocenters. The van der Waals surface area contributed by atoms with Gasteiger partial charge in [0.15, 0.2) is 0 Å². The Bertz CT molecular complexity index is 758. The van der Waals surface area contributed by atoms with Crippen LogP contribution in [-0.4, -0.2) is 69.6 Å². The van der Waals surface area contributed by atoms with E-state index in [-0.39, 0.29) is 13.2 Å². The highest BCUT2D eigenvalue weighted by Crippen LogP contribution is 2.43. The van der Waals surface area contributed by atoms with Gasteiger partial charge in [0.05, 0.1) is 41.0 Å². The first-order valence-corrected chi connectivity index (χ1v) is 17.3. The molecule has 0 bridgehead atoms. The number of unbranched alkanes of at least 4 members (excludes halogenated alkanes) is 11. The monoisotopic (exact) mass is 586 g/mol. The summed E-state index contributed by atoms with van der Waals surface area (Å²) in [7, 11) is 1.83. The number of nitrogens with zero attached hydrogens (tertiary/aromatic N) is 1. The smallest absolute Gasteiger partial charge is 0.378 e. The van der Waals surface area contributed by atoms with E-state index in [1.807, 2.05) is 51.5 Å². The third-order valence-electron chi connectivity index (χ3n) is 7.03.